The Morgan fingerprint density at radius 3 is 2.58 bits per heavy atom. The van der Waals surface area contributed by atoms with Crippen LogP contribution in [0.3, 0.4) is 0 Å². The van der Waals surface area contributed by atoms with Crippen LogP contribution in [0.4, 0.5) is 5.82 Å². The summed E-state index contributed by atoms with van der Waals surface area (Å²) in [6, 6.07) is 12.1. The Kier molecular flexibility index (Phi) is 4.08. The smallest absolute Gasteiger partial charge is 0.178 e. The molecule has 6 nitrogen and oxygen atoms in total. The molecule has 2 aromatic heterocycles. The Balaban J connectivity index is 1.43. The highest BCUT2D eigenvalue weighted by Crippen LogP contribution is 2.19. The summed E-state index contributed by atoms with van der Waals surface area (Å²) in [6.07, 6.45) is 0. The molecule has 1 saturated heterocycles. The van der Waals surface area contributed by atoms with Crippen molar-refractivity contribution in [2.24, 2.45) is 0 Å². The second kappa shape index (κ2) is 6.37. The molecule has 1 fully saturated rings. The van der Waals surface area contributed by atoms with Crippen LogP contribution in [0, 0.1) is 6.92 Å². The topological polar surface area (TPSA) is 49.6 Å². The Hall–Kier alpha value is -2.18. The van der Waals surface area contributed by atoms with Crippen LogP contribution in [-0.4, -0.2) is 50.9 Å². The maximum atomic E-state index is 6.27. The highest BCUT2D eigenvalue weighted by molar-refractivity contribution is 6.31. The van der Waals surface area contributed by atoms with Crippen molar-refractivity contribution in [2.75, 3.05) is 31.1 Å². The van der Waals surface area contributed by atoms with Gasteiger partial charge in [-0.3, -0.25) is 4.90 Å². The number of anilines is 1. The minimum absolute atomic E-state index is 0.786. The second-order valence-corrected chi connectivity index (χ2v) is 6.47. The monoisotopic (exact) mass is 342 g/mol. The van der Waals surface area contributed by atoms with Crippen LogP contribution < -0.4 is 4.90 Å². The molecule has 0 saturated carbocycles. The molecule has 3 aromatic rings. The highest BCUT2D eigenvalue weighted by atomic mass is 35.5. The average molecular weight is 343 g/mol. The van der Waals surface area contributed by atoms with Gasteiger partial charge in [0.2, 0.25) is 0 Å². The molecule has 0 amide bonds. The fourth-order valence-corrected chi connectivity index (χ4v) is 3.25. The number of hydrogen-bond acceptors (Lipinski definition) is 5. The van der Waals surface area contributed by atoms with Crippen molar-refractivity contribution < 1.29 is 0 Å². The summed E-state index contributed by atoms with van der Waals surface area (Å²) >= 11 is 6.27. The number of nitrogens with zero attached hydrogens (tertiary/aromatic N) is 6. The highest BCUT2D eigenvalue weighted by Gasteiger charge is 2.19. The molecular weight excluding hydrogens is 324 g/mol. The Morgan fingerprint density at radius 1 is 1.00 bits per heavy atom. The van der Waals surface area contributed by atoms with Gasteiger partial charge < -0.3 is 4.90 Å². The van der Waals surface area contributed by atoms with E-state index < -0.39 is 0 Å². The first kappa shape index (κ1) is 15.4. The summed E-state index contributed by atoms with van der Waals surface area (Å²) in [6.45, 7) is 6.69. The van der Waals surface area contributed by atoms with Crippen LogP contribution in [0.15, 0.2) is 36.4 Å². The van der Waals surface area contributed by atoms with Gasteiger partial charge in [0, 0.05) is 37.7 Å². The molecule has 1 aliphatic heterocycles. The van der Waals surface area contributed by atoms with Crippen LogP contribution >= 0.6 is 11.6 Å². The third kappa shape index (κ3) is 2.95. The van der Waals surface area contributed by atoms with Crippen molar-refractivity contribution in [1.82, 2.24) is 24.7 Å². The van der Waals surface area contributed by atoms with E-state index in [0.29, 0.717) is 0 Å². The van der Waals surface area contributed by atoms with Crippen molar-refractivity contribution in [3.8, 4) is 0 Å². The van der Waals surface area contributed by atoms with Crippen molar-refractivity contribution in [1.29, 1.82) is 0 Å². The lowest BCUT2D eigenvalue weighted by molar-refractivity contribution is 0.249. The second-order valence-electron chi connectivity index (χ2n) is 6.06. The SMILES string of the molecule is Cc1nnc2ccc(N3CCN(Cc4ccccc4Cl)CC3)nn12. The predicted octanol–water partition coefficient (Wildman–Crippen LogP) is 2.41. The molecule has 1 aromatic carbocycles. The summed E-state index contributed by atoms with van der Waals surface area (Å²) in [5.41, 5.74) is 1.97. The molecular formula is C17H19ClN6. The maximum Gasteiger partial charge on any atom is 0.178 e. The van der Waals surface area contributed by atoms with Crippen molar-refractivity contribution >= 4 is 23.1 Å². The molecule has 24 heavy (non-hydrogen) atoms. The number of halogens is 1. The fraction of sp³-hybridized carbons (Fsp3) is 0.353. The zero-order valence-corrected chi connectivity index (χ0v) is 14.3. The van der Waals surface area contributed by atoms with E-state index >= 15 is 0 Å². The zero-order valence-electron chi connectivity index (χ0n) is 13.6. The summed E-state index contributed by atoms with van der Waals surface area (Å²) in [5, 5.41) is 13.6. The van der Waals surface area contributed by atoms with Crippen molar-refractivity contribution in [3.05, 3.63) is 52.8 Å². The Labute approximate surface area is 145 Å². The minimum atomic E-state index is 0.786. The molecule has 1 aliphatic rings. The van der Waals surface area contributed by atoms with Gasteiger partial charge in [0.15, 0.2) is 11.5 Å². The lowest BCUT2D eigenvalue weighted by Crippen LogP contribution is -2.46. The van der Waals surface area contributed by atoms with E-state index in [1.54, 1.807) is 4.52 Å². The molecule has 0 aliphatic carbocycles. The number of piperazine rings is 1. The zero-order chi connectivity index (χ0) is 16.5. The normalized spacial score (nSPS) is 16.0. The predicted molar refractivity (Wildman–Crippen MR) is 94.5 cm³/mol. The van der Waals surface area contributed by atoms with Crippen LogP contribution in [-0.2, 0) is 6.54 Å². The Bertz CT molecular complexity index is 853. The van der Waals surface area contributed by atoms with Crippen molar-refractivity contribution in [2.45, 2.75) is 13.5 Å². The van der Waals surface area contributed by atoms with Gasteiger partial charge in [-0.1, -0.05) is 29.8 Å². The quantitative estimate of drug-likeness (QED) is 0.731. The number of benzene rings is 1. The largest absolute Gasteiger partial charge is 0.353 e. The van der Waals surface area contributed by atoms with Crippen LogP contribution in [0.25, 0.3) is 5.65 Å². The number of aromatic nitrogens is 4. The molecule has 0 unspecified atom stereocenters. The van der Waals surface area contributed by atoms with Gasteiger partial charge in [0.1, 0.15) is 5.82 Å². The molecule has 3 heterocycles. The fourth-order valence-electron chi connectivity index (χ4n) is 3.06. The third-order valence-electron chi connectivity index (χ3n) is 4.45. The van der Waals surface area contributed by atoms with Gasteiger partial charge >= 0.3 is 0 Å². The van der Waals surface area contributed by atoms with Gasteiger partial charge in [-0.05, 0) is 30.7 Å². The molecule has 0 atom stereocenters. The maximum absolute atomic E-state index is 6.27. The molecule has 124 valence electrons. The summed E-state index contributed by atoms with van der Waals surface area (Å²) in [5.74, 6) is 1.78. The van der Waals surface area contributed by atoms with E-state index in [0.717, 1.165) is 55.0 Å². The lowest BCUT2D eigenvalue weighted by Gasteiger charge is -2.35. The Morgan fingerprint density at radius 2 is 1.79 bits per heavy atom. The van der Waals surface area contributed by atoms with Crippen LogP contribution in [0.2, 0.25) is 5.02 Å². The molecule has 0 N–H and O–H groups in total. The van der Waals surface area contributed by atoms with Gasteiger partial charge in [-0.15, -0.1) is 15.3 Å². The van der Waals surface area contributed by atoms with E-state index in [1.807, 2.05) is 37.3 Å². The van der Waals surface area contributed by atoms with E-state index in [2.05, 4.69) is 31.2 Å². The van der Waals surface area contributed by atoms with Gasteiger partial charge in [-0.25, -0.2) is 0 Å². The first-order chi connectivity index (χ1) is 11.7. The lowest BCUT2D eigenvalue weighted by atomic mass is 10.2. The summed E-state index contributed by atoms with van der Waals surface area (Å²) in [7, 11) is 0. The number of fused-ring (bicyclic) bond motifs is 1. The number of hydrogen-bond donors (Lipinski definition) is 0. The van der Waals surface area contributed by atoms with E-state index in [1.165, 1.54) is 5.56 Å². The summed E-state index contributed by atoms with van der Waals surface area (Å²) < 4.78 is 1.80. The van der Waals surface area contributed by atoms with Crippen LogP contribution in [0.5, 0.6) is 0 Å². The number of rotatable bonds is 3. The minimum Gasteiger partial charge on any atom is -0.353 e. The molecule has 0 spiro atoms. The molecule has 7 heteroatoms. The number of aryl methyl sites for hydroxylation is 1. The molecule has 4 rings (SSSR count). The van der Waals surface area contributed by atoms with Gasteiger partial charge in [0.25, 0.3) is 0 Å². The first-order valence-corrected chi connectivity index (χ1v) is 8.48. The molecule has 0 bridgehead atoms. The van der Waals surface area contributed by atoms with Gasteiger partial charge in [-0.2, -0.15) is 4.52 Å². The molecule has 0 radical (unpaired) electrons. The third-order valence-corrected chi connectivity index (χ3v) is 4.82. The van der Waals surface area contributed by atoms with Gasteiger partial charge in [0.05, 0.1) is 0 Å². The van der Waals surface area contributed by atoms with Crippen molar-refractivity contribution in [3.63, 3.8) is 0 Å². The standard InChI is InChI=1S/C17H19ClN6/c1-13-19-20-16-6-7-17(21-24(13)16)23-10-8-22(9-11-23)12-14-4-2-3-5-15(14)18/h2-7H,8-12H2,1H3. The van der Waals surface area contributed by atoms with Crippen LogP contribution in [0.1, 0.15) is 11.4 Å². The van der Waals surface area contributed by atoms with E-state index in [-0.39, 0.29) is 0 Å². The van der Waals surface area contributed by atoms with E-state index in [4.69, 9.17) is 11.6 Å². The average Bonchev–Trinajstić information content (AvgIpc) is 2.98. The first-order valence-electron chi connectivity index (χ1n) is 8.10. The van der Waals surface area contributed by atoms with E-state index in [9.17, 15) is 0 Å². The summed E-state index contributed by atoms with van der Waals surface area (Å²) in [4.78, 5) is 4.74.